The van der Waals surface area contributed by atoms with Gasteiger partial charge in [0.05, 0.1) is 7.39 Å². The molecule has 4 heteroatoms. The summed E-state index contributed by atoms with van der Waals surface area (Å²) in [6.07, 6.45) is 0. The van der Waals surface area contributed by atoms with Crippen molar-refractivity contribution in [3.05, 3.63) is 35.9 Å². The van der Waals surface area contributed by atoms with E-state index < -0.39 is 6.02 Å². The van der Waals surface area contributed by atoms with Crippen LogP contribution in [-0.4, -0.2) is 23.2 Å². The summed E-state index contributed by atoms with van der Waals surface area (Å²) in [6.45, 7) is 5.71. The molecule has 0 fully saturated rings. The van der Waals surface area contributed by atoms with Crippen molar-refractivity contribution in [1.82, 2.24) is 5.32 Å². The average Bonchev–Trinajstić information content (AvgIpc) is 2.27. The lowest BCUT2D eigenvalue weighted by atomic mass is 10.0. The Hall–Kier alpha value is -0.570. The quantitative estimate of drug-likeness (QED) is 0.676. The Labute approximate surface area is 116 Å². The predicted molar refractivity (Wildman–Crippen MR) is 75.4 cm³/mol. The first kappa shape index (κ1) is 14.5. The zero-order valence-electron chi connectivity index (χ0n) is 11.3. The summed E-state index contributed by atoms with van der Waals surface area (Å²) in [7, 11) is 0. The molecule has 0 aliphatic rings. The van der Waals surface area contributed by atoms with E-state index in [1.807, 2.05) is 26.8 Å². The number of rotatable bonds is 4. The summed E-state index contributed by atoms with van der Waals surface area (Å²) in [5.41, 5.74) is 0.154. The van der Waals surface area contributed by atoms with Gasteiger partial charge in [0.25, 0.3) is 0 Å². The summed E-state index contributed by atoms with van der Waals surface area (Å²) < 4.78 is 8.18. The molecule has 0 saturated heterocycles. The SMILES string of the molecule is Cl.[3H]C(CCl)(NC(C)(C)C)C(=O)c1ccccc1. The van der Waals surface area contributed by atoms with Gasteiger partial charge in [-0.05, 0) is 20.8 Å². The number of carbonyl (C=O) groups excluding carboxylic acids is 1. The van der Waals surface area contributed by atoms with E-state index >= 15 is 0 Å². The Morgan fingerprint density at radius 2 is 1.94 bits per heavy atom. The summed E-state index contributed by atoms with van der Waals surface area (Å²) in [5.74, 6) is -0.388. The molecule has 96 valence electrons. The molecule has 0 aliphatic carbocycles. The van der Waals surface area contributed by atoms with Gasteiger partial charge in [-0.1, -0.05) is 30.3 Å². The zero-order valence-corrected chi connectivity index (χ0v) is 11.9. The van der Waals surface area contributed by atoms with E-state index in [9.17, 15) is 4.79 Å². The number of hydrogen-bond donors (Lipinski definition) is 1. The summed E-state index contributed by atoms with van der Waals surface area (Å²) in [6, 6.07) is 7.30. The highest BCUT2D eigenvalue weighted by atomic mass is 35.5. The van der Waals surface area contributed by atoms with Gasteiger partial charge in [0.15, 0.2) is 5.78 Å². The molecular weight excluding hydrogens is 257 g/mol. The molecule has 1 atom stereocenters. The van der Waals surface area contributed by atoms with Gasteiger partial charge in [-0.2, -0.15) is 0 Å². The first-order chi connectivity index (χ1) is 7.78. The van der Waals surface area contributed by atoms with Crippen LogP contribution in [0.3, 0.4) is 0 Å². The minimum atomic E-state index is -1.48. The Bertz CT molecular complexity index is 392. The van der Waals surface area contributed by atoms with E-state index in [0.29, 0.717) is 5.56 Å². The molecule has 0 amide bonds. The molecule has 0 saturated carbocycles. The maximum Gasteiger partial charge on any atom is 0.180 e. The van der Waals surface area contributed by atoms with Gasteiger partial charge in [0.1, 0.15) is 0 Å². The maximum absolute atomic E-state index is 12.2. The largest absolute Gasteiger partial charge is 0.301 e. The maximum atomic E-state index is 12.2. The number of halogens is 2. The van der Waals surface area contributed by atoms with E-state index in [1.54, 1.807) is 24.3 Å². The van der Waals surface area contributed by atoms with Crippen molar-refractivity contribution in [3.63, 3.8) is 0 Å². The van der Waals surface area contributed by atoms with Gasteiger partial charge < -0.3 is 5.32 Å². The fourth-order valence-electron chi connectivity index (χ4n) is 1.37. The lowest BCUT2D eigenvalue weighted by Gasteiger charge is -2.26. The monoisotopic (exact) mass is 277 g/mol. The molecular formula is C13H19Cl2NO. The molecule has 2 nitrogen and oxygen atoms in total. The van der Waals surface area contributed by atoms with Crippen LogP contribution in [0.25, 0.3) is 0 Å². The average molecular weight is 278 g/mol. The number of alkyl halides is 1. The van der Waals surface area contributed by atoms with Gasteiger partial charge in [0, 0.05) is 17.0 Å². The number of ketones is 1. The van der Waals surface area contributed by atoms with Crippen LogP contribution in [0.2, 0.25) is 0 Å². The van der Waals surface area contributed by atoms with Crippen LogP contribution in [0.1, 0.15) is 32.5 Å². The third-order valence-electron chi connectivity index (χ3n) is 1.97. The molecule has 0 heterocycles. The smallest absolute Gasteiger partial charge is 0.180 e. The molecule has 0 spiro atoms. The second kappa shape index (κ2) is 7.00. The molecule has 0 aromatic heterocycles. The third-order valence-corrected chi connectivity index (χ3v) is 2.24. The van der Waals surface area contributed by atoms with Crippen molar-refractivity contribution in [1.29, 1.82) is 0 Å². The topological polar surface area (TPSA) is 29.1 Å². The normalized spacial score (nSPS) is 15.4. The first-order valence-electron chi connectivity index (χ1n) is 5.74. The van der Waals surface area contributed by atoms with E-state index in [0.717, 1.165) is 0 Å². The summed E-state index contributed by atoms with van der Waals surface area (Å²) in [4.78, 5) is 12.2. The number of carbonyl (C=O) groups is 1. The van der Waals surface area contributed by atoms with E-state index in [2.05, 4.69) is 5.32 Å². The minimum Gasteiger partial charge on any atom is -0.301 e. The van der Waals surface area contributed by atoms with Gasteiger partial charge >= 0.3 is 0 Å². The van der Waals surface area contributed by atoms with E-state index in [1.165, 1.54) is 0 Å². The highest BCUT2D eigenvalue weighted by Gasteiger charge is 2.23. The predicted octanol–water partition coefficient (Wildman–Crippen LogP) is 3.29. The second-order valence-corrected chi connectivity index (χ2v) is 4.95. The first-order valence-corrected chi connectivity index (χ1v) is 5.77. The Kier molecular flexibility index (Phi) is 5.96. The van der Waals surface area contributed by atoms with Crippen molar-refractivity contribution in [2.75, 3.05) is 5.88 Å². The van der Waals surface area contributed by atoms with Crippen molar-refractivity contribution in [2.45, 2.75) is 32.3 Å². The van der Waals surface area contributed by atoms with Crippen molar-refractivity contribution < 1.29 is 6.17 Å². The fourth-order valence-corrected chi connectivity index (χ4v) is 1.56. The number of hydrogen-bond acceptors (Lipinski definition) is 2. The van der Waals surface area contributed by atoms with Crippen LogP contribution in [0.5, 0.6) is 0 Å². The Morgan fingerprint density at radius 3 is 2.35 bits per heavy atom. The van der Waals surface area contributed by atoms with E-state index in [4.69, 9.17) is 13.0 Å². The molecule has 17 heavy (non-hydrogen) atoms. The van der Waals surface area contributed by atoms with Crippen molar-refractivity contribution >= 4 is 29.8 Å². The van der Waals surface area contributed by atoms with Gasteiger partial charge in [0.2, 0.25) is 0 Å². The Balaban J connectivity index is 0.00000289. The van der Waals surface area contributed by atoms with Gasteiger partial charge in [-0.25, -0.2) is 0 Å². The highest BCUT2D eigenvalue weighted by molar-refractivity contribution is 6.21. The standard InChI is InChI=1S/C13H18ClNO.ClH/c1-13(2,3)15-11(9-14)12(16)10-7-5-4-6-8-10;/h4-8,11,15H,9H2,1-3H3;1H/i11T;. The summed E-state index contributed by atoms with van der Waals surface area (Å²) >= 11 is 5.79. The van der Waals surface area contributed by atoms with Crippen LogP contribution >= 0.6 is 24.0 Å². The van der Waals surface area contributed by atoms with Crippen LogP contribution in [0.15, 0.2) is 30.3 Å². The van der Waals surface area contributed by atoms with E-state index in [-0.39, 0.29) is 29.6 Å². The molecule has 1 unspecified atom stereocenters. The van der Waals surface area contributed by atoms with Crippen molar-refractivity contribution in [3.8, 4) is 0 Å². The summed E-state index contributed by atoms with van der Waals surface area (Å²) in [5, 5.41) is 2.97. The lowest BCUT2D eigenvalue weighted by Crippen LogP contribution is -2.48. The highest BCUT2D eigenvalue weighted by Crippen LogP contribution is 2.09. The zero-order chi connectivity index (χ0) is 13.1. The molecule has 1 aromatic rings. The molecule has 1 rings (SSSR count). The number of benzene rings is 1. The Morgan fingerprint density at radius 1 is 1.41 bits per heavy atom. The minimum absolute atomic E-state index is 0. The van der Waals surface area contributed by atoms with Gasteiger partial charge in [-0.3, -0.25) is 4.79 Å². The fraction of sp³-hybridized carbons (Fsp3) is 0.462. The van der Waals surface area contributed by atoms with Crippen LogP contribution in [-0.2, 0) is 0 Å². The molecule has 0 bridgehead atoms. The van der Waals surface area contributed by atoms with Crippen LogP contribution < -0.4 is 5.32 Å². The third kappa shape index (κ3) is 5.53. The van der Waals surface area contributed by atoms with Crippen molar-refractivity contribution in [2.24, 2.45) is 0 Å². The molecule has 0 aliphatic heterocycles. The van der Waals surface area contributed by atoms with Gasteiger partial charge in [-0.15, -0.1) is 24.0 Å². The molecule has 1 aromatic carbocycles. The second-order valence-electron chi connectivity index (χ2n) is 4.68. The molecule has 1 N–H and O–H groups in total. The lowest BCUT2D eigenvalue weighted by molar-refractivity contribution is 0.0937. The molecule has 0 radical (unpaired) electrons. The number of Topliss-reactive ketones (excluding diaryl/α,β-unsaturated/α-hetero) is 1. The van der Waals surface area contributed by atoms with Crippen LogP contribution in [0, 0.1) is 0 Å². The van der Waals surface area contributed by atoms with Crippen LogP contribution in [0.4, 0.5) is 0 Å². The number of nitrogens with one attached hydrogen (secondary N) is 1.